The summed E-state index contributed by atoms with van der Waals surface area (Å²) in [7, 11) is 0. The molecule has 4 rings (SSSR count). The van der Waals surface area contributed by atoms with Crippen molar-refractivity contribution in [3.63, 3.8) is 0 Å². The number of rotatable bonds is 2. The maximum Gasteiger partial charge on any atom is 0.225 e. The summed E-state index contributed by atoms with van der Waals surface area (Å²) in [5.74, 6) is 0.835. The van der Waals surface area contributed by atoms with Gasteiger partial charge in [0.2, 0.25) is 5.91 Å². The predicted octanol–water partition coefficient (Wildman–Crippen LogP) is 3.64. The molecule has 4 heteroatoms. The number of carbonyl (C=O) groups excluding carboxylic acids is 1. The van der Waals surface area contributed by atoms with Gasteiger partial charge in [0, 0.05) is 47.1 Å². The van der Waals surface area contributed by atoms with Crippen molar-refractivity contribution >= 4 is 5.91 Å². The lowest BCUT2D eigenvalue weighted by molar-refractivity contribution is -0.161. The van der Waals surface area contributed by atoms with Crippen LogP contribution < -0.4 is 0 Å². The van der Waals surface area contributed by atoms with E-state index in [9.17, 15) is 9.90 Å². The lowest BCUT2D eigenvalue weighted by Gasteiger charge is -2.52. The van der Waals surface area contributed by atoms with Gasteiger partial charge in [0.05, 0.1) is 5.60 Å². The Bertz CT molecular complexity index is 705. The number of hydrogen-bond acceptors (Lipinski definition) is 3. The van der Waals surface area contributed by atoms with Gasteiger partial charge >= 0.3 is 0 Å². The van der Waals surface area contributed by atoms with Crippen LogP contribution in [-0.2, 0) is 10.2 Å². The summed E-state index contributed by atoms with van der Waals surface area (Å²) in [6.07, 6.45) is 4.79. The third-order valence-electron chi connectivity index (χ3n) is 6.75. The number of aliphatic hydroxyl groups is 1. The SMILES string of the molecule is CC1(O)CC(C(=O)N2CC3(CCC(c4cccc(C(C)(C)C)n4)C3)C2)C1. The molecule has 2 aliphatic carbocycles. The molecule has 1 saturated heterocycles. The second-order valence-corrected chi connectivity index (χ2v) is 10.4. The Kier molecular flexibility index (Phi) is 4.00. The fraction of sp³-hybridized carbons (Fsp3) is 0.727. The monoisotopic (exact) mass is 356 g/mol. The van der Waals surface area contributed by atoms with Crippen LogP contribution in [0.1, 0.15) is 77.1 Å². The third-order valence-corrected chi connectivity index (χ3v) is 6.75. The number of carbonyl (C=O) groups is 1. The first-order valence-electron chi connectivity index (χ1n) is 10.1. The first-order chi connectivity index (χ1) is 12.1. The molecule has 142 valence electrons. The summed E-state index contributed by atoms with van der Waals surface area (Å²) in [6.45, 7) is 10.3. The van der Waals surface area contributed by atoms with Crippen molar-refractivity contribution in [2.75, 3.05) is 13.1 Å². The second-order valence-electron chi connectivity index (χ2n) is 10.4. The highest BCUT2D eigenvalue weighted by Crippen LogP contribution is 2.52. The number of amides is 1. The molecule has 26 heavy (non-hydrogen) atoms. The Balaban J connectivity index is 1.36. The molecule has 3 fully saturated rings. The van der Waals surface area contributed by atoms with Crippen LogP contribution in [-0.4, -0.2) is 39.6 Å². The molecule has 1 unspecified atom stereocenters. The van der Waals surface area contributed by atoms with E-state index in [0.717, 1.165) is 19.5 Å². The molecule has 4 nitrogen and oxygen atoms in total. The van der Waals surface area contributed by atoms with Crippen LogP contribution in [0.3, 0.4) is 0 Å². The number of hydrogen-bond donors (Lipinski definition) is 1. The van der Waals surface area contributed by atoms with Crippen LogP contribution in [0.4, 0.5) is 0 Å². The summed E-state index contributed by atoms with van der Waals surface area (Å²) >= 11 is 0. The molecule has 2 heterocycles. The molecule has 1 amide bonds. The highest BCUT2D eigenvalue weighted by atomic mass is 16.3. The number of nitrogens with zero attached hydrogens (tertiary/aromatic N) is 2. The molecule has 1 atom stereocenters. The Morgan fingerprint density at radius 2 is 1.92 bits per heavy atom. The molecular formula is C22H32N2O2. The normalized spacial score (nSPS) is 33.0. The molecule has 3 aliphatic rings. The van der Waals surface area contributed by atoms with Gasteiger partial charge in [-0.2, -0.15) is 0 Å². The first-order valence-corrected chi connectivity index (χ1v) is 10.1. The topological polar surface area (TPSA) is 53.4 Å². The standard InChI is InChI=1S/C22H32N2O2/c1-20(2,3)18-7-5-6-17(23-18)15-8-9-22(12-15)13-24(14-22)19(25)16-10-21(4,26)11-16/h5-7,15-16,26H,8-14H2,1-4H3. The molecule has 0 bridgehead atoms. The Morgan fingerprint density at radius 3 is 2.54 bits per heavy atom. The smallest absolute Gasteiger partial charge is 0.225 e. The second kappa shape index (κ2) is 5.79. The van der Waals surface area contributed by atoms with Crippen molar-refractivity contribution in [2.45, 2.75) is 76.7 Å². The van der Waals surface area contributed by atoms with E-state index in [0.29, 0.717) is 24.2 Å². The highest BCUT2D eigenvalue weighted by molar-refractivity contribution is 5.81. The third kappa shape index (κ3) is 3.17. The molecule has 1 aromatic rings. The van der Waals surface area contributed by atoms with Crippen LogP contribution >= 0.6 is 0 Å². The molecule has 0 radical (unpaired) electrons. The zero-order valence-electron chi connectivity index (χ0n) is 16.6. The van der Waals surface area contributed by atoms with Crippen LogP contribution in [0.2, 0.25) is 0 Å². The molecule has 1 spiro atoms. The minimum Gasteiger partial charge on any atom is -0.390 e. The minimum atomic E-state index is -0.620. The quantitative estimate of drug-likeness (QED) is 0.880. The van der Waals surface area contributed by atoms with Crippen molar-refractivity contribution in [3.8, 4) is 0 Å². The Labute approximate surface area is 157 Å². The number of likely N-dealkylation sites (tertiary alicyclic amines) is 1. The number of aromatic nitrogens is 1. The van der Waals surface area contributed by atoms with Gasteiger partial charge in [-0.3, -0.25) is 9.78 Å². The largest absolute Gasteiger partial charge is 0.390 e. The van der Waals surface area contributed by atoms with Crippen molar-refractivity contribution in [3.05, 3.63) is 29.6 Å². The highest BCUT2D eigenvalue weighted by Gasteiger charge is 2.53. The van der Waals surface area contributed by atoms with Crippen LogP contribution in [0, 0.1) is 11.3 Å². The lowest BCUT2D eigenvalue weighted by Crippen LogP contribution is -2.61. The van der Waals surface area contributed by atoms with Crippen LogP contribution in [0.25, 0.3) is 0 Å². The summed E-state index contributed by atoms with van der Waals surface area (Å²) < 4.78 is 0. The average molecular weight is 357 g/mol. The Hall–Kier alpha value is -1.42. The van der Waals surface area contributed by atoms with E-state index in [1.165, 1.54) is 24.2 Å². The van der Waals surface area contributed by atoms with E-state index in [-0.39, 0.29) is 17.2 Å². The van der Waals surface area contributed by atoms with Gasteiger partial charge in [-0.25, -0.2) is 0 Å². The molecule has 1 aromatic heterocycles. The van der Waals surface area contributed by atoms with E-state index in [1.54, 1.807) is 0 Å². The summed E-state index contributed by atoms with van der Waals surface area (Å²) in [5, 5.41) is 9.87. The molecule has 1 aliphatic heterocycles. The van der Waals surface area contributed by atoms with E-state index in [1.807, 2.05) is 11.8 Å². The van der Waals surface area contributed by atoms with Gasteiger partial charge in [0.25, 0.3) is 0 Å². The molecular weight excluding hydrogens is 324 g/mol. The van der Waals surface area contributed by atoms with Gasteiger partial charge in [-0.1, -0.05) is 26.8 Å². The van der Waals surface area contributed by atoms with E-state index in [4.69, 9.17) is 4.98 Å². The van der Waals surface area contributed by atoms with Crippen LogP contribution in [0.5, 0.6) is 0 Å². The van der Waals surface area contributed by atoms with Gasteiger partial charge in [0.15, 0.2) is 0 Å². The maximum absolute atomic E-state index is 12.5. The average Bonchev–Trinajstić information content (AvgIpc) is 2.95. The van der Waals surface area contributed by atoms with Gasteiger partial charge in [-0.05, 0) is 51.2 Å². The van der Waals surface area contributed by atoms with Gasteiger partial charge in [0.1, 0.15) is 0 Å². The van der Waals surface area contributed by atoms with Crippen molar-refractivity contribution in [2.24, 2.45) is 11.3 Å². The molecule has 2 saturated carbocycles. The molecule has 0 aromatic carbocycles. The fourth-order valence-electron chi connectivity index (χ4n) is 5.20. The zero-order valence-corrected chi connectivity index (χ0v) is 16.6. The van der Waals surface area contributed by atoms with Gasteiger partial charge < -0.3 is 10.0 Å². The van der Waals surface area contributed by atoms with Crippen molar-refractivity contribution < 1.29 is 9.90 Å². The van der Waals surface area contributed by atoms with Crippen molar-refractivity contribution in [1.82, 2.24) is 9.88 Å². The summed E-state index contributed by atoms with van der Waals surface area (Å²) in [5.41, 5.74) is 2.17. The zero-order chi connectivity index (χ0) is 18.7. The van der Waals surface area contributed by atoms with E-state index < -0.39 is 5.60 Å². The Morgan fingerprint density at radius 1 is 1.23 bits per heavy atom. The number of pyridine rings is 1. The van der Waals surface area contributed by atoms with Crippen molar-refractivity contribution in [1.29, 1.82) is 0 Å². The van der Waals surface area contributed by atoms with E-state index in [2.05, 4.69) is 39.0 Å². The molecule has 1 N–H and O–H groups in total. The fourth-order valence-corrected chi connectivity index (χ4v) is 5.20. The summed E-state index contributed by atoms with van der Waals surface area (Å²) in [4.78, 5) is 19.5. The first kappa shape index (κ1) is 18.0. The maximum atomic E-state index is 12.5. The summed E-state index contributed by atoms with van der Waals surface area (Å²) in [6, 6.07) is 6.45. The lowest BCUT2D eigenvalue weighted by atomic mass is 9.69. The van der Waals surface area contributed by atoms with Gasteiger partial charge in [-0.15, -0.1) is 0 Å². The van der Waals surface area contributed by atoms with E-state index >= 15 is 0 Å². The predicted molar refractivity (Wildman–Crippen MR) is 102 cm³/mol. The van der Waals surface area contributed by atoms with Crippen LogP contribution in [0.15, 0.2) is 18.2 Å². The minimum absolute atomic E-state index is 0.0460.